The van der Waals surface area contributed by atoms with Crippen molar-refractivity contribution in [3.8, 4) is 0 Å². The topological polar surface area (TPSA) is 55.5 Å². The van der Waals surface area contributed by atoms with Gasteiger partial charge >= 0.3 is 0 Å². The number of guanidine groups is 1. The largest absolute Gasteiger partial charge is 0.378 e. The highest BCUT2D eigenvalue weighted by Gasteiger charge is 2.05. The Morgan fingerprint density at radius 3 is 2.74 bits per heavy atom. The van der Waals surface area contributed by atoms with Crippen molar-refractivity contribution in [2.24, 2.45) is 4.99 Å². The van der Waals surface area contributed by atoms with Crippen LogP contribution in [0.2, 0.25) is 0 Å². The molecule has 0 amide bonds. The van der Waals surface area contributed by atoms with Gasteiger partial charge in [-0.1, -0.05) is 24.3 Å². The van der Waals surface area contributed by atoms with Gasteiger partial charge in [-0.25, -0.2) is 0 Å². The molecule has 0 bridgehead atoms. The van der Waals surface area contributed by atoms with E-state index in [4.69, 9.17) is 0 Å². The van der Waals surface area contributed by atoms with Crippen molar-refractivity contribution in [2.75, 3.05) is 32.6 Å². The fourth-order valence-corrected chi connectivity index (χ4v) is 3.17. The Bertz CT molecular complexity index is 923. The summed E-state index contributed by atoms with van der Waals surface area (Å²) in [7, 11) is 5.91. The predicted molar refractivity (Wildman–Crippen MR) is 116 cm³/mol. The number of aliphatic imine (C=N–C) groups is 1. The summed E-state index contributed by atoms with van der Waals surface area (Å²) in [6.07, 6.45) is 3.05. The number of nitrogens with zero attached hydrogens (tertiary/aromatic N) is 2. The highest BCUT2D eigenvalue weighted by atomic mass is 15.2. The summed E-state index contributed by atoms with van der Waals surface area (Å²) >= 11 is 0. The predicted octanol–water partition coefficient (Wildman–Crippen LogP) is 3.45. The molecule has 0 spiro atoms. The van der Waals surface area contributed by atoms with Crippen LogP contribution in [0.1, 0.15) is 16.7 Å². The Kier molecular flexibility index (Phi) is 6.01. The lowest BCUT2D eigenvalue weighted by atomic mass is 10.1. The molecule has 0 saturated carbocycles. The molecule has 0 aliphatic carbocycles. The van der Waals surface area contributed by atoms with Crippen LogP contribution in [0, 0.1) is 6.92 Å². The first kappa shape index (κ1) is 18.8. The van der Waals surface area contributed by atoms with Gasteiger partial charge in [-0.05, 0) is 48.2 Å². The zero-order valence-electron chi connectivity index (χ0n) is 16.6. The highest BCUT2D eigenvalue weighted by Crippen LogP contribution is 2.19. The fraction of sp³-hybridized carbons (Fsp3) is 0.318. The van der Waals surface area contributed by atoms with E-state index in [1.54, 1.807) is 7.05 Å². The van der Waals surface area contributed by atoms with E-state index in [-0.39, 0.29) is 0 Å². The lowest BCUT2D eigenvalue weighted by molar-refractivity contribution is 0.796. The first-order chi connectivity index (χ1) is 13.1. The monoisotopic (exact) mass is 363 g/mol. The minimum absolute atomic E-state index is 0.744. The average molecular weight is 364 g/mol. The molecule has 0 aliphatic rings. The van der Waals surface area contributed by atoms with Crippen LogP contribution < -0.4 is 15.5 Å². The summed E-state index contributed by atoms with van der Waals surface area (Å²) in [5.41, 5.74) is 6.24. The molecule has 1 heterocycles. The molecule has 5 nitrogen and oxygen atoms in total. The second kappa shape index (κ2) is 8.62. The van der Waals surface area contributed by atoms with Gasteiger partial charge in [-0.15, -0.1) is 0 Å². The molecule has 0 aliphatic heterocycles. The van der Waals surface area contributed by atoms with Crippen LogP contribution in [0.3, 0.4) is 0 Å². The molecule has 2 aromatic carbocycles. The molecular formula is C22H29N5. The molecular weight excluding hydrogens is 334 g/mol. The van der Waals surface area contributed by atoms with Crippen LogP contribution in [0.4, 0.5) is 5.69 Å². The maximum atomic E-state index is 4.33. The van der Waals surface area contributed by atoms with E-state index in [9.17, 15) is 0 Å². The standard InChI is InChI=1S/C22H29N5/c1-16-8-9-20-18(15-25-21(20)12-16)10-11-24-22(23-2)26-14-17-6-5-7-19(13-17)27(3)4/h5-9,12-13,15,25H,10-11,14H2,1-4H3,(H2,23,24,26). The summed E-state index contributed by atoms with van der Waals surface area (Å²) in [6.45, 7) is 3.69. The second-order valence-electron chi connectivity index (χ2n) is 7.03. The van der Waals surface area contributed by atoms with Crippen molar-refractivity contribution in [1.29, 1.82) is 0 Å². The second-order valence-corrected chi connectivity index (χ2v) is 7.03. The third kappa shape index (κ3) is 4.82. The third-order valence-corrected chi connectivity index (χ3v) is 4.72. The maximum Gasteiger partial charge on any atom is 0.191 e. The molecule has 0 radical (unpaired) electrons. The number of aryl methyl sites for hydroxylation is 1. The molecule has 3 rings (SSSR count). The normalized spacial score (nSPS) is 11.6. The summed E-state index contributed by atoms with van der Waals surface area (Å²) in [4.78, 5) is 9.80. The van der Waals surface area contributed by atoms with Crippen molar-refractivity contribution in [3.63, 3.8) is 0 Å². The lowest BCUT2D eigenvalue weighted by Crippen LogP contribution is -2.37. The van der Waals surface area contributed by atoms with Gasteiger partial charge in [-0.2, -0.15) is 0 Å². The van der Waals surface area contributed by atoms with Crippen LogP contribution in [-0.2, 0) is 13.0 Å². The highest BCUT2D eigenvalue weighted by molar-refractivity contribution is 5.84. The number of aromatic nitrogens is 1. The number of nitrogens with one attached hydrogen (secondary N) is 3. The van der Waals surface area contributed by atoms with Crippen molar-refractivity contribution in [1.82, 2.24) is 15.6 Å². The maximum absolute atomic E-state index is 4.33. The Morgan fingerprint density at radius 1 is 1.11 bits per heavy atom. The summed E-state index contributed by atoms with van der Waals surface area (Å²) in [5.74, 6) is 0.820. The van der Waals surface area contributed by atoms with Crippen molar-refractivity contribution >= 4 is 22.5 Å². The van der Waals surface area contributed by atoms with E-state index in [1.807, 2.05) is 0 Å². The first-order valence-corrected chi connectivity index (χ1v) is 9.34. The molecule has 27 heavy (non-hydrogen) atoms. The Morgan fingerprint density at radius 2 is 1.96 bits per heavy atom. The molecule has 1 aromatic heterocycles. The van der Waals surface area contributed by atoms with Crippen LogP contribution in [0.5, 0.6) is 0 Å². The molecule has 0 saturated heterocycles. The molecule has 3 aromatic rings. The number of fused-ring (bicyclic) bond motifs is 1. The summed E-state index contributed by atoms with van der Waals surface area (Å²) in [5, 5.41) is 8.09. The van der Waals surface area contributed by atoms with E-state index < -0.39 is 0 Å². The smallest absolute Gasteiger partial charge is 0.191 e. The summed E-state index contributed by atoms with van der Waals surface area (Å²) < 4.78 is 0. The van der Waals surface area contributed by atoms with Gasteiger partial charge in [0.2, 0.25) is 0 Å². The number of anilines is 1. The van der Waals surface area contributed by atoms with E-state index in [0.717, 1.165) is 25.5 Å². The van der Waals surface area contributed by atoms with Gasteiger partial charge < -0.3 is 20.5 Å². The number of hydrogen-bond donors (Lipinski definition) is 3. The van der Waals surface area contributed by atoms with Crippen LogP contribution in [-0.4, -0.2) is 38.6 Å². The lowest BCUT2D eigenvalue weighted by Gasteiger charge is -2.15. The third-order valence-electron chi connectivity index (χ3n) is 4.72. The number of rotatable bonds is 6. The SMILES string of the molecule is CN=C(NCCc1c[nH]c2cc(C)ccc12)NCc1cccc(N(C)C)c1. The van der Waals surface area contributed by atoms with Crippen molar-refractivity contribution in [3.05, 3.63) is 65.4 Å². The van der Waals surface area contributed by atoms with Crippen molar-refractivity contribution in [2.45, 2.75) is 19.9 Å². The Labute approximate surface area is 161 Å². The zero-order chi connectivity index (χ0) is 19.2. The van der Waals surface area contributed by atoms with Crippen LogP contribution in [0.25, 0.3) is 10.9 Å². The van der Waals surface area contributed by atoms with Gasteiger partial charge in [-0.3, -0.25) is 4.99 Å². The molecule has 3 N–H and O–H groups in total. The molecule has 0 fully saturated rings. The number of hydrogen-bond acceptors (Lipinski definition) is 2. The summed E-state index contributed by atoms with van der Waals surface area (Å²) in [6, 6.07) is 15.1. The fourth-order valence-electron chi connectivity index (χ4n) is 3.17. The number of aromatic amines is 1. The van der Waals surface area contributed by atoms with Gasteiger partial charge in [0.1, 0.15) is 0 Å². The van der Waals surface area contributed by atoms with Crippen LogP contribution >= 0.6 is 0 Å². The van der Waals surface area contributed by atoms with E-state index in [1.165, 1.54) is 33.3 Å². The van der Waals surface area contributed by atoms with E-state index >= 15 is 0 Å². The van der Waals surface area contributed by atoms with E-state index in [0.29, 0.717) is 0 Å². The van der Waals surface area contributed by atoms with Gasteiger partial charge in [0.15, 0.2) is 5.96 Å². The molecule has 142 valence electrons. The molecule has 5 heteroatoms. The zero-order valence-corrected chi connectivity index (χ0v) is 16.6. The van der Waals surface area contributed by atoms with Gasteiger partial charge in [0.25, 0.3) is 0 Å². The van der Waals surface area contributed by atoms with Gasteiger partial charge in [0.05, 0.1) is 0 Å². The van der Waals surface area contributed by atoms with Gasteiger partial charge in [0, 0.05) is 57.0 Å². The Balaban J connectivity index is 1.52. The number of benzene rings is 2. The average Bonchev–Trinajstić information content (AvgIpc) is 3.06. The minimum Gasteiger partial charge on any atom is -0.378 e. The molecule has 0 atom stereocenters. The molecule has 0 unspecified atom stereocenters. The Hall–Kier alpha value is -2.95. The number of H-pyrrole nitrogens is 1. The minimum atomic E-state index is 0.744. The van der Waals surface area contributed by atoms with Crippen molar-refractivity contribution < 1.29 is 0 Å². The van der Waals surface area contributed by atoms with Crippen LogP contribution in [0.15, 0.2) is 53.7 Å². The van der Waals surface area contributed by atoms with E-state index in [2.05, 4.69) is 95.2 Å². The quantitative estimate of drug-likeness (QED) is 0.464. The first-order valence-electron chi connectivity index (χ1n) is 9.34.